The Balaban J connectivity index is 1.26. The van der Waals surface area contributed by atoms with E-state index in [2.05, 4.69) is 74.7 Å². The SMILES string of the molecule is O=S1(=O)N=C(C2CCN(CCC(c3ccccc3)c3ccccc3)CC2)c2ccccc2N1. The lowest BCUT2D eigenvalue weighted by Crippen LogP contribution is -2.38. The fourth-order valence-corrected chi connectivity index (χ4v) is 6.08. The molecule has 2 heterocycles. The standard InChI is InChI=1S/C27H29N3O2S/c31-33(32)28-26-14-8-7-13-25(26)27(29-33)23-15-18-30(19-16-23)20-17-24(21-9-3-1-4-10-21)22-11-5-2-6-12-22/h1-14,23-24,28H,15-20H2. The second-order valence-electron chi connectivity index (χ2n) is 8.88. The molecule has 0 amide bonds. The molecule has 3 aromatic carbocycles. The average molecular weight is 460 g/mol. The zero-order valence-corrected chi connectivity index (χ0v) is 19.4. The number of anilines is 1. The van der Waals surface area contributed by atoms with Crippen LogP contribution in [0.15, 0.2) is 89.3 Å². The minimum Gasteiger partial charge on any atom is -0.303 e. The van der Waals surface area contributed by atoms with Crippen molar-refractivity contribution in [2.24, 2.45) is 10.3 Å². The zero-order valence-electron chi connectivity index (χ0n) is 18.6. The Labute approximate surface area is 196 Å². The molecule has 0 saturated carbocycles. The van der Waals surface area contributed by atoms with Crippen LogP contribution in [0.5, 0.6) is 0 Å². The maximum absolute atomic E-state index is 12.3. The third kappa shape index (κ3) is 5.02. The van der Waals surface area contributed by atoms with Gasteiger partial charge in [-0.1, -0.05) is 78.9 Å². The molecule has 0 atom stereocenters. The summed E-state index contributed by atoms with van der Waals surface area (Å²) >= 11 is 0. The van der Waals surface area contributed by atoms with Crippen LogP contribution in [0.3, 0.4) is 0 Å². The number of nitrogens with zero attached hydrogens (tertiary/aromatic N) is 2. The van der Waals surface area contributed by atoms with Gasteiger partial charge >= 0.3 is 10.2 Å². The highest BCUT2D eigenvalue weighted by Gasteiger charge is 2.31. The lowest BCUT2D eigenvalue weighted by Gasteiger charge is -2.34. The summed E-state index contributed by atoms with van der Waals surface area (Å²) in [5.74, 6) is 0.536. The van der Waals surface area contributed by atoms with Crippen molar-refractivity contribution in [2.75, 3.05) is 24.4 Å². The number of para-hydroxylation sites is 1. The second kappa shape index (κ2) is 9.49. The van der Waals surface area contributed by atoms with Crippen molar-refractivity contribution in [3.8, 4) is 0 Å². The van der Waals surface area contributed by atoms with Crippen LogP contribution in [0, 0.1) is 5.92 Å². The number of fused-ring (bicyclic) bond motifs is 1. The number of hydrogen-bond donors (Lipinski definition) is 1. The van der Waals surface area contributed by atoms with Crippen LogP contribution in [-0.2, 0) is 10.2 Å². The first-order valence-corrected chi connectivity index (χ1v) is 13.1. The molecule has 5 nitrogen and oxygen atoms in total. The second-order valence-corrected chi connectivity index (χ2v) is 10.2. The van der Waals surface area contributed by atoms with E-state index in [-0.39, 0.29) is 5.92 Å². The molecule has 6 heteroatoms. The first-order chi connectivity index (χ1) is 16.1. The molecule has 0 bridgehead atoms. The van der Waals surface area contributed by atoms with Crippen LogP contribution in [0.25, 0.3) is 0 Å². The van der Waals surface area contributed by atoms with Crippen LogP contribution in [0.1, 0.15) is 41.9 Å². The molecule has 33 heavy (non-hydrogen) atoms. The Morgan fingerprint density at radius 3 is 2.06 bits per heavy atom. The van der Waals surface area contributed by atoms with E-state index in [1.54, 1.807) is 0 Å². The summed E-state index contributed by atoms with van der Waals surface area (Å²) in [7, 11) is -3.67. The normalized spacial score (nSPS) is 18.4. The van der Waals surface area contributed by atoms with Crippen molar-refractivity contribution in [1.29, 1.82) is 0 Å². The summed E-state index contributed by atoms with van der Waals surface area (Å²) in [5.41, 5.74) is 4.97. The van der Waals surface area contributed by atoms with Gasteiger partial charge in [0, 0.05) is 17.4 Å². The van der Waals surface area contributed by atoms with Gasteiger partial charge in [-0.2, -0.15) is 8.42 Å². The maximum atomic E-state index is 12.3. The molecular weight excluding hydrogens is 430 g/mol. The fraction of sp³-hybridized carbons (Fsp3) is 0.296. The van der Waals surface area contributed by atoms with Gasteiger partial charge < -0.3 is 4.90 Å². The van der Waals surface area contributed by atoms with Crippen molar-refractivity contribution >= 4 is 21.6 Å². The summed E-state index contributed by atoms with van der Waals surface area (Å²) in [6.07, 6.45) is 2.90. The minimum atomic E-state index is -3.67. The smallest absolute Gasteiger partial charge is 0.303 e. The summed E-state index contributed by atoms with van der Waals surface area (Å²) in [6, 6.07) is 29.0. The quantitative estimate of drug-likeness (QED) is 0.559. The largest absolute Gasteiger partial charge is 0.342 e. The van der Waals surface area contributed by atoms with Crippen LogP contribution in [0.2, 0.25) is 0 Å². The highest BCUT2D eigenvalue weighted by atomic mass is 32.2. The lowest BCUT2D eigenvalue weighted by molar-refractivity contribution is 0.205. The van der Waals surface area contributed by atoms with E-state index in [9.17, 15) is 8.42 Å². The molecule has 2 aliphatic heterocycles. The van der Waals surface area contributed by atoms with Crippen molar-refractivity contribution in [3.05, 3.63) is 102 Å². The Bertz CT molecular complexity index is 1180. The van der Waals surface area contributed by atoms with E-state index in [1.807, 2.05) is 24.3 Å². The third-order valence-electron chi connectivity index (χ3n) is 6.77. The Morgan fingerprint density at radius 1 is 0.848 bits per heavy atom. The van der Waals surface area contributed by atoms with E-state index in [1.165, 1.54) is 11.1 Å². The maximum Gasteiger partial charge on any atom is 0.342 e. The predicted molar refractivity (Wildman–Crippen MR) is 134 cm³/mol. The molecule has 2 aliphatic rings. The third-order valence-corrected chi connectivity index (χ3v) is 7.69. The minimum absolute atomic E-state index is 0.165. The summed E-state index contributed by atoms with van der Waals surface area (Å²) in [5, 5.41) is 0. The number of likely N-dealkylation sites (tertiary alicyclic amines) is 1. The van der Waals surface area contributed by atoms with Crippen LogP contribution in [-0.4, -0.2) is 38.7 Å². The fourth-order valence-electron chi connectivity index (χ4n) is 5.07. The Kier molecular flexibility index (Phi) is 6.29. The molecule has 3 aromatic rings. The van der Waals surface area contributed by atoms with Gasteiger partial charge in [0.05, 0.1) is 11.4 Å². The van der Waals surface area contributed by atoms with Gasteiger partial charge in [-0.25, -0.2) is 0 Å². The van der Waals surface area contributed by atoms with E-state index in [0.29, 0.717) is 11.6 Å². The zero-order chi connectivity index (χ0) is 22.7. The molecule has 1 saturated heterocycles. The summed E-state index contributed by atoms with van der Waals surface area (Å²) in [4.78, 5) is 2.51. The van der Waals surface area contributed by atoms with Crippen LogP contribution < -0.4 is 4.72 Å². The van der Waals surface area contributed by atoms with Crippen LogP contribution in [0.4, 0.5) is 5.69 Å². The molecule has 170 valence electrons. The first kappa shape index (κ1) is 21.9. The van der Waals surface area contributed by atoms with Gasteiger partial charge in [0.1, 0.15) is 0 Å². The van der Waals surface area contributed by atoms with Crippen LogP contribution >= 0.6 is 0 Å². The van der Waals surface area contributed by atoms with Crippen molar-refractivity contribution in [3.63, 3.8) is 0 Å². The van der Waals surface area contributed by atoms with Gasteiger partial charge in [0.2, 0.25) is 0 Å². The number of nitrogens with one attached hydrogen (secondary N) is 1. The highest BCUT2D eigenvalue weighted by Crippen LogP contribution is 2.32. The van der Waals surface area contributed by atoms with Crippen molar-refractivity contribution < 1.29 is 8.42 Å². The Hall–Kier alpha value is -2.96. The highest BCUT2D eigenvalue weighted by molar-refractivity contribution is 7.91. The van der Waals surface area contributed by atoms with E-state index >= 15 is 0 Å². The molecule has 0 aromatic heterocycles. The number of rotatable bonds is 6. The first-order valence-electron chi connectivity index (χ1n) is 11.6. The molecule has 0 radical (unpaired) electrons. The predicted octanol–water partition coefficient (Wildman–Crippen LogP) is 5.08. The molecule has 1 fully saturated rings. The average Bonchev–Trinajstić information content (AvgIpc) is 2.85. The molecule has 0 aliphatic carbocycles. The van der Waals surface area contributed by atoms with E-state index in [0.717, 1.165) is 50.2 Å². The Morgan fingerprint density at radius 2 is 1.42 bits per heavy atom. The van der Waals surface area contributed by atoms with Gasteiger partial charge in [-0.3, -0.25) is 4.72 Å². The molecule has 0 unspecified atom stereocenters. The van der Waals surface area contributed by atoms with Gasteiger partial charge in [-0.05, 0) is 56.1 Å². The van der Waals surface area contributed by atoms with E-state index in [4.69, 9.17) is 0 Å². The summed E-state index contributed by atoms with van der Waals surface area (Å²) in [6.45, 7) is 2.93. The molecular formula is C27H29N3O2S. The topological polar surface area (TPSA) is 61.8 Å². The van der Waals surface area contributed by atoms with E-state index < -0.39 is 10.2 Å². The molecule has 1 N–H and O–H groups in total. The number of hydrogen-bond acceptors (Lipinski definition) is 3. The van der Waals surface area contributed by atoms with Gasteiger partial charge in [-0.15, -0.1) is 4.40 Å². The van der Waals surface area contributed by atoms with Crippen molar-refractivity contribution in [1.82, 2.24) is 4.90 Å². The summed E-state index contributed by atoms with van der Waals surface area (Å²) < 4.78 is 31.2. The molecule has 5 rings (SSSR count). The van der Waals surface area contributed by atoms with Crippen molar-refractivity contribution in [2.45, 2.75) is 25.2 Å². The van der Waals surface area contributed by atoms with Gasteiger partial charge in [0.15, 0.2) is 0 Å². The lowest BCUT2D eigenvalue weighted by atomic mass is 9.86. The number of benzene rings is 3. The number of piperidine rings is 1. The monoisotopic (exact) mass is 459 g/mol. The van der Waals surface area contributed by atoms with Gasteiger partial charge in [0.25, 0.3) is 0 Å². The molecule has 0 spiro atoms.